The van der Waals surface area contributed by atoms with Gasteiger partial charge in [0.2, 0.25) is 0 Å². The van der Waals surface area contributed by atoms with Gasteiger partial charge in [0.1, 0.15) is 0 Å². The average molecular weight is 452 g/mol. The number of carbonyl (C=O) groups is 2. The van der Waals surface area contributed by atoms with E-state index in [9.17, 15) is 19.7 Å². The van der Waals surface area contributed by atoms with Gasteiger partial charge in [0.15, 0.2) is 0 Å². The molecule has 3 aromatic rings. The Morgan fingerprint density at radius 1 is 1.12 bits per heavy atom. The standard InChI is InChI=1S/C23H21N3O5S/c1-31-12-4-11-25-22(27)21(32-23(25)28)13-17-15-24(20-6-3-2-5-19(17)20)14-16-7-9-18(10-8-16)26(29)30/h2-3,5-10,13,15H,4,11-12,14H2,1H3/b21-13+. The second kappa shape index (κ2) is 9.37. The Morgan fingerprint density at radius 3 is 2.59 bits per heavy atom. The van der Waals surface area contributed by atoms with Crippen molar-refractivity contribution in [2.45, 2.75) is 13.0 Å². The highest BCUT2D eigenvalue weighted by Gasteiger charge is 2.34. The molecule has 2 aromatic carbocycles. The van der Waals surface area contributed by atoms with E-state index in [0.29, 0.717) is 31.0 Å². The van der Waals surface area contributed by atoms with Crippen molar-refractivity contribution < 1.29 is 19.2 Å². The number of rotatable bonds is 8. The number of fused-ring (bicyclic) bond motifs is 1. The highest BCUT2D eigenvalue weighted by molar-refractivity contribution is 8.18. The fourth-order valence-corrected chi connectivity index (χ4v) is 4.50. The zero-order valence-corrected chi connectivity index (χ0v) is 18.2. The topological polar surface area (TPSA) is 94.7 Å². The van der Waals surface area contributed by atoms with Crippen molar-refractivity contribution in [3.05, 3.63) is 80.9 Å². The van der Waals surface area contributed by atoms with Gasteiger partial charge >= 0.3 is 0 Å². The maximum Gasteiger partial charge on any atom is 0.293 e. The van der Waals surface area contributed by atoms with E-state index in [1.165, 1.54) is 17.0 Å². The van der Waals surface area contributed by atoms with Crippen LogP contribution in [0.3, 0.4) is 0 Å². The van der Waals surface area contributed by atoms with Crippen molar-refractivity contribution in [3.63, 3.8) is 0 Å². The van der Waals surface area contributed by atoms with Gasteiger partial charge in [-0.3, -0.25) is 24.6 Å². The Bertz CT molecular complexity index is 1220. The predicted octanol–water partition coefficient (Wildman–Crippen LogP) is 4.67. The number of nitro benzene ring substituents is 1. The number of carbonyl (C=O) groups excluding carboxylic acids is 2. The summed E-state index contributed by atoms with van der Waals surface area (Å²) in [6.45, 7) is 1.33. The summed E-state index contributed by atoms with van der Waals surface area (Å²) in [4.78, 5) is 37.2. The van der Waals surface area contributed by atoms with E-state index in [-0.39, 0.29) is 16.8 Å². The Kier molecular flexibility index (Phi) is 6.38. The second-order valence-corrected chi connectivity index (χ2v) is 8.33. The molecule has 8 nitrogen and oxygen atoms in total. The lowest BCUT2D eigenvalue weighted by Gasteiger charge is -2.11. The van der Waals surface area contributed by atoms with Gasteiger partial charge in [0.05, 0.1) is 9.83 Å². The smallest absolute Gasteiger partial charge is 0.293 e. The van der Waals surface area contributed by atoms with Gasteiger partial charge in [-0.25, -0.2) is 0 Å². The normalized spacial score (nSPS) is 15.3. The number of imide groups is 1. The first-order valence-electron chi connectivity index (χ1n) is 10.0. The van der Waals surface area contributed by atoms with Gasteiger partial charge in [0, 0.05) is 61.6 Å². The molecule has 0 bridgehead atoms. The van der Waals surface area contributed by atoms with Gasteiger partial charge in [-0.05, 0) is 35.9 Å². The quantitative estimate of drug-likeness (QED) is 0.214. The number of ether oxygens (including phenoxy) is 1. The molecule has 0 unspecified atom stereocenters. The minimum atomic E-state index is -0.421. The molecule has 32 heavy (non-hydrogen) atoms. The molecule has 164 valence electrons. The zero-order valence-electron chi connectivity index (χ0n) is 17.4. The van der Waals surface area contributed by atoms with Crippen molar-refractivity contribution in [2.75, 3.05) is 20.3 Å². The molecule has 0 N–H and O–H groups in total. The molecule has 0 spiro atoms. The van der Waals surface area contributed by atoms with Gasteiger partial charge < -0.3 is 9.30 Å². The minimum absolute atomic E-state index is 0.0491. The summed E-state index contributed by atoms with van der Waals surface area (Å²) in [6.07, 6.45) is 4.29. The van der Waals surface area contributed by atoms with Crippen molar-refractivity contribution in [1.29, 1.82) is 0 Å². The van der Waals surface area contributed by atoms with Crippen LogP contribution in [-0.2, 0) is 16.1 Å². The number of methoxy groups -OCH3 is 1. The number of para-hydroxylation sites is 1. The van der Waals surface area contributed by atoms with Crippen molar-refractivity contribution >= 4 is 45.6 Å². The molecule has 2 heterocycles. The van der Waals surface area contributed by atoms with E-state index in [1.807, 2.05) is 35.0 Å². The summed E-state index contributed by atoms with van der Waals surface area (Å²) in [5.74, 6) is -0.289. The molecule has 9 heteroatoms. The summed E-state index contributed by atoms with van der Waals surface area (Å²) in [5.41, 5.74) is 2.77. The van der Waals surface area contributed by atoms with Crippen LogP contribution in [0.2, 0.25) is 0 Å². The molecule has 1 aliphatic rings. The number of thioether (sulfide) groups is 1. The Balaban J connectivity index is 1.62. The Hall–Kier alpha value is -3.43. The number of benzene rings is 2. The lowest BCUT2D eigenvalue weighted by atomic mass is 10.1. The molecule has 0 aliphatic carbocycles. The minimum Gasteiger partial charge on any atom is -0.385 e. The van der Waals surface area contributed by atoms with Crippen LogP contribution in [0.4, 0.5) is 10.5 Å². The highest BCUT2D eigenvalue weighted by Crippen LogP contribution is 2.34. The van der Waals surface area contributed by atoms with Crippen molar-refractivity contribution in [3.8, 4) is 0 Å². The van der Waals surface area contributed by atoms with Crippen LogP contribution in [0.5, 0.6) is 0 Å². The Labute approximate surface area is 188 Å². The lowest BCUT2D eigenvalue weighted by molar-refractivity contribution is -0.384. The maximum atomic E-state index is 12.7. The lowest BCUT2D eigenvalue weighted by Crippen LogP contribution is -2.29. The fraction of sp³-hybridized carbons (Fsp3) is 0.217. The van der Waals surface area contributed by atoms with E-state index in [1.54, 1.807) is 25.3 Å². The van der Waals surface area contributed by atoms with Crippen LogP contribution in [0.25, 0.3) is 17.0 Å². The maximum absolute atomic E-state index is 12.7. The molecule has 0 saturated carbocycles. The highest BCUT2D eigenvalue weighted by atomic mass is 32.2. The van der Waals surface area contributed by atoms with E-state index >= 15 is 0 Å². The van der Waals surface area contributed by atoms with Gasteiger partial charge in [-0.1, -0.05) is 30.3 Å². The average Bonchev–Trinajstić information content (AvgIpc) is 3.26. The number of hydrogen-bond acceptors (Lipinski definition) is 6. The summed E-state index contributed by atoms with van der Waals surface area (Å²) in [5, 5.41) is 11.6. The summed E-state index contributed by atoms with van der Waals surface area (Å²) in [6, 6.07) is 14.2. The fourth-order valence-electron chi connectivity index (χ4n) is 3.64. The number of hydrogen-bond donors (Lipinski definition) is 0. The van der Waals surface area contributed by atoms with Crippen LogP contribution in [0.15, 0.2) is 59.6 Å². The monoisotopic (exact) mass is 451 g/mol. The van der Waals surface area contributed by atoms with E-state index in [2.05, 4.69) is 0 Å². The van der Waals surface area contributed by atoms with Crippen LogP contribution in [-0.4, -0.2) is 45.8 Å². The molecule has 0 atom stereocenters. The summed E-state index contributed by atoms with van der Waals surface area (Å²) in [7, 11) is 1.58. The zero-order chi connectivity index (χ0) is 22.7. The van der Waals surface area contributed by atoms with Crippen LogP contribution < -0.4 is 0 Å². The van der Waals surface area contributed by atoms with Gasteiger partial charge in [-0.2, -0.15) is 0 Å². The first-order valence-corrected chi connectivity index (χ1v) is 10.8. The predicted molar refractivity (Wildman–Crippen MR) is 123 cm³/mol. The second-order valence-electron chi connectivity index (χ2n) is 7.33. The first kappa shape index (κ1) is 21.8. The number of nitrogens with zero attached hydrogens (tertiary/aromatic N) is 3. The van der Waals surface area contributed by atoms with E-state index in [0.717, 1.165) is 33.8 Å². The van der Waals surface area contributed by atoms with Gasteiger partial charge in [-0.15, -0.1) is 0 Å². The third-order valence-electron chi connectivity index (χ3n) is 5.21. The van der Waals surface area contributed by atoms with Gasteiger partial charge in [0.25, 0.3) is 16.8 Å². The molecule has 1 fully saturated rings. The van der Waals surface area contributed by atoms with Crippen molar-refractivity contribution in [1.82, 2.24) is 9.47 Å². The molecular formula is C23H21N3O5S. The first-order chi connectivity index (χ1) is 15.5. The van der Waals surface area contributed by atoms with Crippen LogP contribution >= 0.6 is 11.8 Å². The Morgan fingerprint density at radius 2 is 1.88 bits per heavy atom. The molecule has 1 saturated heterocycles. The number of nitro groups is 1. The largest absolute Gasteiger partial charge is 0.385 e. The number of aromatic nitrogens is 1. The number of amides is 2. The summed E-state index contributed by atoms with van der Waals surface area (Å²) >= 11 is 0.945. The van der Waals surface area contributed by atoms with E-state index in [4.69, 9.17) is 4.74 Å². The molecule has 4 rings (SSSR count). The van der Waals surface area contributed by atoms with Crippen LogP contribution in [0.1, 0.15) is 17.5 Å². The van der Waals surface area contributed by atoms with Crippen molar-refractivity contribution in [2.24, 2.45) is 0 Å². The molecule has 1 aliphatic heterocycles. The molecule has 2 amide bonds. The van der Waals surface area contributed by atoms with Crippen LogP contribution in [0, 0.1) is 10.1 Å². The molecule has 1 aromatic heterocycles. The van der Waals surface area contributed by atoms with E-state index < -0.39 is 4.92 Å². The number of non-ortho nitro benzene ring substituents is 1. The molecular weight excluding hydrogens is 430 g/mol. The molecule has 0 radical (unpaired) electrons. The third-order valence-corrected chi connectivity index (χ3v) is 6.12. The third kappa shape index (κ3) is 4.44. The summed E-state index contributed by atoms with van der Waals surface area (Å²) < 4.78 is 7.04. The SMILES string of the molecule is COCCCN1C(=O)S/C(=C/c2cn(Cc3ccc([N+](=O)[O-])cc3)c3ccccc23)C1=O.